The molecule has 4 rings (SSSR count). The van der Waals surface area contributed by atoms with E-state index in [2.05, 4.69) is 15.3 Å². The standard InChI is InChI=1S/C18H15N3O3S3/c1-23-9-4-5-10(13(8-9)24-2)16(22)21-17-19-11-6-7-12-15(14(11)26-17)27-18(20-12)25-3/h4-8H,1-3H3,(H,19,21,22). The van der Waals surface area contributed by atoms with Crippen LogP contribution in [0, 0.1) is 0 Å². The Morgan fingerprint density at radius 1 is 1.04 bits per heavy atom. The molecule has 6 nitrogen and oxygen atoms in total. The van der Waals surface area contributed by atoms with Crippen LogP contribution in [0.25, 0.3) is 20.4 Å². The van der Waals surface area contributed by atoms with Gasteiger partial charge in [0.15, 0.2) is 9.47 Å². The number of hydrogen-bond acceptors (Lipinski definition) is 8. The van der Waals surface area contributed by atoms with E-state index in [1.165, 1.54) is 18.4 Å². The molecule has 0 spiro atoms. The lowest BCUT2D eigenvalue weighted by atomic mass is 10.2. The van der Waals surface area contributed by atoms with Gasteiger partial charge >= 0.3 is 0 Å². The summed E-state index contributed by atoms with van der Waals surface area (Å²) in [5, 5.41) is 3.41. The van der Waals surface area contributed by atoms with Gasteiger partial charge in [-0.05, 0) is 30.5 Å². The number of hydrogen-bond donors (Lipinski definition) is 1. The molecule has 2 aromatic carbocycles. The van der Waals surface area contributed by atoms with E-state index in [1.807, 2.05) is 18.4 Å². The van der Waals surface area contributed by atoms with Crippen molar-refractivity contribution in [3.8, 4) is 11.5 Å². The predicted molar refractivity (Wildman–Crippen MR) is 112 cm³/mol. The van der Waals surface area contributed by atoms with E-state index in [0.29, 0.717) is 22.2 Å². The molecule has 0 atom stereocenters. The number of amides is 1. The number of benzene rings is 2. The van der Waals surface area contributed by atoms with E-state index >= 15 is 0 Å². The van der Waals surface area contributed by atoms with Crippen LogP contribution in [-0.2, 0) is 0 Å². The monoisotopic (exact) mass is 417 g/mol. The molecule has 0 fully saturated rings. The number of carbonyl (C=O) groups is 1. The lowest BCUT2D eigenvalue weighted by Gasteiger charge is -2.09. The topological polar surface area (TPSA) is 73.3 Å². The van der Waals surface area contributed by atoms with Crippen LogP contribution in [0.3, 0.4) is 0 Å². The zero-order valence-corrected chi connectivity index (χ0v) is 17.2. The number of ether oxygens (including phenoxy) is 2. The largest absolute Gasteiger partial charge is 0.497 e. The molecular weight excluding hydrogens is 402 g/mol. The molecule has 2 aromatic heterocycles. The fourth-order valence-corrected chi connectivity index (χ4v) is 5.30. The molecule has 0 saturated heterocycles. The van der Waals surface area contributed by atoms with Gasteiger partial charge in [-0.1, -0.05) is 23.1 Å². The third kappa shape index (κ3) is 3.33. The molecule has 0 bridgehead atoms. The molecule has 138 valence electrons. The molecule has 1 N–H and O–H groups in total. The molecule has 27 heavy (non-hydrogen) atoms. The van der Waals surface area contributed by atoms with Crippen molar-refractivity contribution in [2.24, 2.45) is 0 Å². The molecule has 0 aliphatic carbocycles. The quantitative estimate of drug-likeness (QED) is 0.466. The number of methoxy groups -OCH3 is 2. The van der Waals surface area contributed by atoms with Crippen LogP contribution < -0.4 is 14.8 Å². The first-order valence-corrected chi connectivity index (χ1v) is 10.8. The maximum atomic E-state index is 12.7. The highest BCUT2D eigenvalue weighted by Crippen LogP contribution is 2.38. The van der Waals surface area contributed by atoms with Gasteiger partial charge in [0, 0.05) is 6.07 Å². The van der Waals surface area contributed by atoms with Gasteiger partial charge in [0.25, 0.3) is 5.91 Å². The molecule has 9 heteroatoms. The summed E-state index contributed by atoms with van der Waals surface area (Å²) in [5.74, 6) is 0.793. The predicted octanol–water partition coefficient (Wildman–Crippen LogP) is 4.90. The average molecular weight is 418 g/mol. The van der Waals surface area contributed by atoms with Crippen molar-refractivity contribution in [2.75, 3.05) is 25.8 Å². The Morgan fingerprint density at radius 3 is 2.48 bits per heavy atom. The van der Waals surface area contributed by atoms with Crippen molar-refractivity contribution in [1.82, 2.24) is 9.97 Å². The van der Waals surface area contributed by atoms with Gasteiger partial charge in [0.05, 0.1) is 40.2 Å². The Labute approximate surface area is 167 Å². The second kappa shape index (κ2) is 7.34. The van der Waals surface area contributed by atoms with Crippen molar-refractivity contribution in [3.05, 3.63) is 35.9 Å². The van der Waals surface area contributed by atoms with Crippen LogP contribution >= 0.6 is 34.4 Å². The maximum Gasteiger partial charge on any atom is 0.261 e. The molecule has 0 aliphatic heterocycles. The fourth-order valence-electron chi connectivity index (χ4n) is 2.64. The number of aromatic nitrogens is 2. The van der Waals surface area contributed by atoms with Crippen molar-refractivity contribution >= 4 is 65.9 Å². The normalized spacial score (nSPS) is 11.1. The van der Waals surface area contributed by atoms with Crippen LogP contribution in [0.15, 0.2) is 34.7 Å². The van der Waals surface area contributed by atoms with Crippen LogP contribution in [0.5, 0.6) is 11.5 Å². The molecule has 0 saturated carbocycles. The summed E-state index contributed by atoms with van der Waals surface area (Å²) in [4.78, 5) is 21.8. The van der Waals surface area contributed by atoms with Crippen molar-refractivity contribution in [3.63, 3.8) is 0 Å². The van der Waals surface area contributed by atoms with Gasteiger partial charge in [-0.25, -0.2) is 9.97 Å². The Kier molecular flexibility index (Phi) is 4.90. The number of rotatable bonds is 5. The SMILES string of the molecule is COc1ccc(C(=O)Nc2nc3ccc4nc(SC)sc4c3s2)c(OC)c1. The number of fused-ring (bicyclic) bond motifs is 3. The van der Waals surface area contributed by atoms with E-state index in [1.54, 1.807) is 48.4 Å². The number of thioether (sulfide) groups is 1. The maximum absolute atomic E-state index is 12.7. The Morgan fingerprint density at radius 2 is 1.78 bits per heavy atom. The van der Waals surface area contributed by atoms with Gasteiger partial charge in [0.1, 0.15) is 11.5 Å². The molecule has 4 aromatic rings. The number of nitrogens with one attached hydrogen (secondary N) is 1. The summed E-state index contributed by atoms with van der Waals surface area (Å²) in [7, 11) is 3.09. The fraction of sp³-hybridized carbons (Fsp3) is 0.167. The molecular formula is C18H15N3O3S3. The van der Waals surface area contributed by atoms with E-state index in [0.717, 1.165) is 24.8 Å². The summed E-state index contributed by atoms with van der Waals surface area (Å²) in [6, 6.07) is 8.97. The second-order valence-corrected chi connectivity index (χ2v) is 8.54. The number of carbonyl (C=O) groups excluding carboxylic acids is 1. The van der Waals surface area contributed by atoms with Crippen LogP contribution in [0.1, 0.15) is 10.4 Å². The van der Waals surface area contributed by atoms with Gasteiger partial charge in [-0.2, -0.15) is 0 Å². The third-order valence-electron chi connectivity index (χ3n) is 3.94. The highest BCUT2D eigenvalue weighted by molar-refractivity contribution is 8.00. The number of anilines is 1. The summed E-state index contributed by atoms with van der Waals surface area (Å²) in [5.41, 5.74) is 2.22. The first-order valence-electron chi connectivity index (χ1n) is 7.90. The van der Waals surface area contributed by atoms with E-state index in [9.17, 15) is 4.79 Å². The minimum Gasteiger partial charge on any atom is -0.497 e. The van der Waals surface area contributed by atoms with Gasteiger partial charge in [0.2, 0.25) is 0 Å². The van der Waals surface area contributed by atoms with Gasteiger partial charge in [-0.3, -0.25) is 10.1 Å². The summed E-state index contributed by atoms with van der Waals surface area (Å²) in [6.07, 6.45) is 2.01. The van der Waals surface area contributed by atoms with Crippen LogP contribution in [0.2, 0.25) is 0 Å². The molecule has 2 heterocycles. The molecule has 0 radical (unpaired) electrons. The zero-order chi connectivity index (χ0) is 19.0. The number of nitrogens with zero attached hydrogens (tertiary/aromatic N) is 2. The smallest absolute Gasteiger partial charge is 0.261 e. The third-order valence-corrected chi connectivity index (χ3v) is 7.15. The summed E-state index contributed by atoms with van der Waals surface area (Å²) < 4.78 is 13.6. The Balaban J connectivity index is 1.68. The number of thiazole rings is 2. The van der Waals surface area contributed by atoms with E-state index in [4.69, 9.17) is 9.47 Å². The summed E-state index contributed by atoms with van der Waals surface area (Å²) in [6.45, 7) is 0. The average Bonchev–Trinajstić information content (AvgIpc) is 3.30. The van der Waals surface area contributed by atoms with E-state index in [-0.39, 0.29) is 5.91 Å². The molecule has 0 aliphatic rings. The Bertz CT molecular complexity index is 1150. The highest BCUT2D eigenvalue weighted by atomic mass is 32.2. The minimum absolute atomic E-state index is 0.279. The van der Waals surface area contributed by atoms with Gasteiger partial charge in [-0.15, -0.1) is 11.3 Å². The van der Waals surface area contributed by atoms with Gasteiger partial charge < -0.3 is 9.47 Å². The summed E-state index contributed by atoms with van der Waals surface area (Å²) >= 11 is 4.71. The molecule has 1 amide bonds. The van der Waals surface area contributed by atoms with Crippen LogP contribution in [-0.4, -0.2) is 36.4 Å². The van der Waals surface area contributed by atoms with Crippen molar-refractivity contribution in [1.29, 1.82) is 0 Å². The van der Waals surface area contributed by atoms with Crippen LogP contribution in [0.4, 0.5) is 5.13 Å². The zero-order valence-electron chi connectivity index (χ0n) is 14.7. The van der Waals surface area contributed by atoms with Crippen molar-refractivity contribution in [2.45, 2.75) is 4.34 Å². The second-order valence-electron chi connectivity index (χ2n) is 5.49. The minimum atomic E-state index is -0.279. The highest BCUT2D eigenvalue weighted by Gasteiger charge is 2.17. The van der Waals surface area contributed by atoms with E-state index < -0.39 is 0 Å². The molecule has 0 unspecified atom stereocenters. The lowest BCUT2D eigenvalue weighted by molar-refractivity contribution is 0.102. The lowest BCUT2D eigenvalue weighted by Crippen LogP contribution is -2.13. The first kappa shape index (κ1) is 18.0. The van der Waals surface area contributed by atoms with Crippen molar-refractivity contribution < 1.29 is 14.3 Å². The Hall–Kier alpha value is -2.36. The first-order chi connectivity index (χ1) is 13.1.